The van der Waals surface area contributed by atoms with Crippen molar-refractivity contribution < 1.29 is 72.2 Å². The molecule has 109 heavy (non-hydrogen) atoms. The van der Waals surface area contributed by atoms with Crippen molar-refractivity contribution in [1.29, 1.82) is 0 Å². The Labute approximate surface area is 662 Å². The summed E-state index contributed by atoms with van der Waals surface area (Å²) in [5.74, 6) is -10.1. The molecule has 2 aromatic carbocycles. The summed E-state index contributed by atoms with van der Waals surface area (Å²) in [6.45, 7) is -1.31. The van der Waals surface area contributed by atoms with Gasteiger partial charge in [-0.2, -0.15) is 0 Å². The lowest BCUT2D eigenvalue weighted by Gasteiger charge is -2.32. The van der Waals surface area contributed by atoms with Crippen LogP contribution in [0.15, 0.2) is 46.4 Å². The highest BCUT2D eigenvalue weighted by molar-refractivity contribution is 14.1. The number of rotatable bonds is 23. The molecule has 2 saturated heterocycles. The molecule has 47 heteroatoms. The minimum absolute atomic E-state index is 0.00331. The van der Waals surface area contributed by atoms with Gasteiger partial charge in [-0.1, -0.05) is 23.2 Å². The van der Waals surface area contributed by atoms with Crippen molar-refractivity contribution in [2.24, 2.45) is 55.9 Å². The van der Waals surface area contributed by atoms with Crippen LogP contribution < -0.4 is 142 Å². The van der Waals surface area contributed by atoms with E-state index < -0.39 is 207 Å². The molecule has 35 N–H and O–H groups in total. The molecule has 2 aromatic rings. The normalized spacial score (nSPS) is 24.8. The first-order valence-electron chi connectivity index (χ1n) is 34.4. The van der Waals surface area contributed by atoms with E-state index in [0.717, 1.165) is 7.14 Å². The van der Waals surface area contributed by atoms with E-state index in [2.05, 4.69) is 106 Å². The summed E-state index contributed by atoms with van der Waals surface area (Å²) in [5, 5.41) is 56.3. The van der Waals surface area contributed by atoms with E-state index in [1.54, 1.807) is 24.3 Å². The predicted molar refractivity (Wildman–Crippen MR) is 416 cm³/mol. The van der Waals surface area contributed by atoms with E-state index in [0.29, 0.717) is 60.2 Å². The van der Waals surface area contributed by atoms with Crippen LogP contribution in [0, 0.1) is 7.14 Å². The second kappa shape index (κ2) is 45.8. The summed E-state index contributed by atoms with van der Waals surface area (Å²) >= 11 is 16.4. The Bertz CT molecular complexity index is 3650. The van der Waals surface area contributed by atoms with Crippen molar-refractivity contribution in [3.05, 3.63) is 53.6 Å². The van der Waals surface area contributed by atoms with Crippen molar-refractivity contribution in [2.75, 3.05) is 82.7 Å². The molecule has 0 aliphatic carbocycles. The van der Waals surface area contributed by atoms with Gasteiger partial charge in [-0.15, -0.1) is 0 Å². The third-order valence-electron chi connectivity index (χ3n) is 16.6. The van der Waals surface area contributed by atoms with Crippen LogP contribution in [0.25, 0.3) is 0 Å². The van der Waals surface area contributed by atoms with Crippen LogP contribution in [0.2, 0.25) is 10.0 Å². The number of guanidine groups is 2. The lowest BCUT2D eigenvalue weighted by atomic mass is 10.0. The molecule has 0 saturated carbocycles. The van der Waals surface area contributed by atoms with Gasteiger partial charge in [-0.05, 0) is 140 Å². The summed E-state index contributed by atoms with van der Waals surface area (Å²) in [5.41, 5.74) is 47.4. The van der Waals surface area contributed by atoms with Gasteiger partial charge in [0, 0.05) is 95.8 Å². The Hall–Kier alpha value is -9.08. The summed E-state index contributed by atoms with van der Waals surface area (Å²) in [6.07, 6.45) is 2.33. The maximum atomic E-state index is 14.0. The van der Waals surface area contributed by atoms with Gasteiger partial charge in [0.1, 0.15) is 60.4 Å². The molecule has 4 aliphatic heterocycles. The molecule has 43 nitrogen and oxygen atoms in total. The van der Waals surface area contributed by atoms with E-state index in [-0.39, 0.29) is 57.2 Å². The highest BCUT2D eigenvalue weighted by Crippen LogP contribution is 2.24. The Morgan fingerprint density at radius 2 is 0.853 bits per heavy atom. The second-order valence-corrected chi connectivity index (χ2v) is 28.5. The molecule has 14 atom stereocenters. The maximum Gasteiger partial charge on any atom is 0.319 e. The quantitative estimate of drug-likeness (QED) is 0.0460. The van der Waals surface area contributed by atoms with Gasteiger partial charge < -0.3 is 147 Å². The van der Waals surface area contributed by atoms with Crippen molar-refractivity contribution >= 4 is 175 Å². The third-order valence-corrected chi connectivity index (χ3v) is 19.7. The fraction of sp³-hybridized carbons (Fsp3) is 0.548. The zero-order chi connectivity index (χ0) is 80.6. The fourth-order valence-corrected chi connectivity index (χ4v) is 11.5. The van der Waals surface area contributed by atoms with E-state index in [4.69, 9.17) is 69.1 Å². The summed E-state index contributed by atoms with van der Waals surface area (Å²) in [7, 11) is 0. The van der Waals surface area contributed by atoms with E-state index in [1.807, 2.05) is 45.2 Å². The molecule has 4 aliphatic rings. The smallest absolute Gasteiger partial charge is 0.319 e. The molecule has 602 valence electrons. The SMILES string of the molecule is C[C@@H]1NC(=O)C(N)CNC(=O)[C@H](C2CCN=C(N)N2)NC(=O)C(CNC(=O)Nc2ccc(I)c(Cl)c2)NC(=O)[C@H](CNC(=O)C[C@@H](N)CCCN)NC1=O.NCCC[C@H](N)CC(=O)NC[C@@H]1NC(=O)[C@H](CO)NC(=O)C(N)CNC(=O)[C@H](C2CCN=C(N)N2)NC(=O)C(CNC(=O)Nc2ccc(I)c(Cl)c2)NC1=O. The van der Waals surface area contributed by atoms with Crippen LogP contribution in [-0.2, 0) is 57.5 Å². The third kappa shape index (κ3) is 31.1. The Kier molecular flexibility index (Phi) is 38.0. The topological polar surface area (TPSA) is 709 Å². The van der Waals surface area contributed by atoms with E-state index in [9.17, 15) is 72.2 Å². The second-order valence-electron chi connectivity index (χ2n) is 25.3. The summed E-state index contributed by atoms with van der Waals surface area (Å²) in [4.78, 5) is 194. The van der Waals surface area contributed by atoms with Gasteiger partial charge in [0.25, 0.3) is 0 Å². The standard InChI is InChI=1S/C31H48ClIN14O8.C31H48ClIN14O7/c32-16-9-15(3-4-17(16)33)42-31(55)41-12-21-27(52)47-24(19-5-7-38-30(37)46-19)29(54)40-10-18(36)25(50)45-22(13-48)28(53)44-20(26(51)43-21)11-39-23(49)8-14(35)2-1-6-34;1-14-25(49)44-21(12-39-23(48)9-15(35)3-2-7-34)27(51)45-22(13-41-31(54)43-16-4-5-18(33)17(32)10-16)28(52)47-24(20-6-8-38-30(37)46-20)29(53)40-11-19(36)26(50)42-14/h3-4,9,14,18-22,24,48H,1-2,5-8,10-13,34-36H2,(H,39,49)(H,40,54)(H,43,51)(H,44,53)(H,45,50)(H,47,52)(H3,37,38,46)(H2,41,42,55);4-5,10,14-15,19-22,24H,2-3,6-9,11-13,34-36H2,1H3,(H,39,48)(H,40,53)(H,42,50)(H,44,49)(H,45,51)(H,47,52)(H3,37,38,46)(H2,41,43,54)/t14-,18?,19?,20-,21?,22-,24-;14-,15-,19?,20?,21-,22?,24-/m00/s1. The monoisotopic (exact) mass is 1800 g/mol. The number of aliphatic imine (C=N–C) groups is 2. The molecule has 2 fully saturated rings. The largest absolute Gasteiger partial charge is 0.394 e. The Morgan fingerprint density at radius 1 is 0.505 bits per heavy atom. The zero-order valence-corrected chi connectivity index (χ0v) is 65.0. The van der Waals surface area contributed by atoms with Gasteiger partial charge in [-0.25, -0.2) is 9.59 Å². The van der Waals surface area contributed by atoms with Crippen molar-refractivity contribution in [3.8, 4) is 0 Å². The Balaban J connectivity index is 0.000000391. The number of halogens is 4. The number of hydrogen-bond acceptors (Lipinski definition) is 27. The van der Waals surface area contributed by atoms with Crippen molar-refractivity contribution in [3.63, 3.8) is 0 Å². The molecule has 0 radical (unpaired) electrons. The number of nitrogens with one attached hydrogen (secondary N) is 18. The Morgan fingerprint density at radius 3 is 1.22 bits per heavy atom. The van der Waals surface area contributed by atoms with Gasteiger partial charge in [-0.3, -0.25) is 67.5 Å². The molecule has 0 spiro atoms. The van der Waals surface area contributed by atoms with Crippen LogP contribution in [0.1, 0.15) is 58.3 Å². The summed E-state index contributed by atoms with van der Waals surface area (Å²) in [6, 6.07) is -9.29. The van der Waals surface area contributed by atoms with Crippen molar-refractivity contribution in [2.45, 2.75) is 143 Å². The average molecular weight is 1800 g/mol. The zero-order valence-electron chi connectivity index (χ0n) is 59.2. The molecular weight excluding hydrogens is 1700 g/mol. The molecule has 0 bridgehead atoms. The molecule has 6 rings (SSSR count). The lowest BCUT2D eigenvalue weighted by Crippen LogP contribution is -2.66. The number of benzene rings is 2. The number of carbonyl (C=O) groups is 14. The van der Waals surface area contributed by atoms with Crippen molar-refractivity contribution in [1.82, 2.24) is 85.1 Å². The van der Waals surface area contributed by atoms with Crippen LogP contribution in [0.3, 0.4) is 0 Å². The fourth-order valence-electron chi connectivity index (χ4n) is 10.5. The molecule has 6 unspecified atom stereocenters. The summed E-state index contributed by atoms with van der Waals surface area (Å²) < 4.78 is 1.48. The lowest BCUT2D eigenvalue weighted by molar-refractivity contribution is -0.136. The average Bonchev–Trinajstić information content (AvgIpc) is 0.833. The number of nitrogens with two attached hydrogens (primary N) is 8. The minimum atomic E-state index is -1.63. The first-order valence-corrected chi connectivity index (χ1v) is 37.3. The maximum absolute atomic E-state index is 14.0. The number of hydrogen-bond donors (Lipinski definition) is 27. The minimum Gasteiger partial charge on any atom is -0.394 e. The first-order chi connectivity index (χ1) is 51.7. The molecule has 4 heterocycles. The number of aliphatic hydroxyl groups is 1. The molecular formula is C62H96Cl2I2N28O15. The molecule has 16 amide bonds. The first kappa shape index (κ1) is 90.5. The number of nitrogens with zero attached hydrogens (tertiary/aromatic N) is 2. The predicted octanol–water partition coefficient (Wildman–Crippen LogP) is -9.56. The van der Waals surface area contributed by atoms with Gasteiger partial charge >= 0.3 is 12.1 Å². The van der Waals surface area contributed by atoms with Gasteiger partial charge in [0.15, 0.2) is 11.9 Å². The van der Waals surface area contributed by atoms with E-state index >= 15 is 0 Å². The molecule has 0 aromatic heterocycles. The number of aliphatic hydroxyl groups excluding tert-OH is 1. The van der Waals surface area contributed by atoms with Crippen LogP contribution in [0.4, 0.5) is 21.0 Å². The van der Waals surface area contributed by atoms with Crippen LogP contribution in [0.5, 0.6) is 0 Å². The van der Waals surface area contributed by atoms with Gasteiger partial charge in [0.2, 0.25) is 70.9 Å². The van der Waals surface area contributed by atoms with Crippen LogP contribution in [-0.4, -0.2) is 257 Å². The number of amides is 16. The highest BCUT2D eigenvalue weighted by Gasteiger charge is 2.40. The van der Waals surface area contributed by atoms with Gasteiger partial charge in [0.05, 0.1) is 28.7 Å². The highest BCUT2D eigenvalue weighted by atomic mass is 127. The van der Waals surface area contributed by atoms with E-state index in [1.165, 1.54) is 19.1 Å². The number of carbonyl (C=O) groups excluding carboxylic acids is 14. The van der Waals surface area contributed by atoms with Crippen LogP contribution >= 0.6 is 68.4 Å². The number of anilines is 2. The number of urea groups is 2.